The summed E-state index contributed by atoms with van der Waals surface area (Å²) >= 11 is 6.04. The highest BCUT2D eigenvalue weighted by molar-refractivity contribution is 6.30. The fourth-order valence-electron chi connectivity index (χ4n) is 1.89. The summed E-state index contributed by atoms with van der Waals surface area (Å²) in [5, 5.41) is 7.29. The number of halogens is 1. The summed E-state index contributed by atoms with van der Waals surface area (Å²) in [6, 6.07) is 7.75. The molecular weight excluding hydrogens is 312 g/mol. The Kier molecular flexibility index (Phi) is 8.48. The van der Waals surface area contributed by atoms with E-state index in [1.165, 1.54) is 4.90 Å². The van der Waals surface area contributed by atoms with Gasteiger partial charge in [-0.25, -0.2) is 4.99 Å². The predicted octanol–water partition coefficient (Wildman–Crippen LogP) is 2.82. The highest BCUT2D eigenvalue weighted by atomic mass is 35.5. The van der Waals surface area contributed by atoms with Gasteiger partial charge in [-0.05, 0) is 31.0 Å². The Hall–Kier alpha value is -1.75. The van der Waals surface area contributed by atoms with Crippen molar-refractivity contribution in [2.24, 2.45) is 4.99 Å². The molecule has 1 rings (SSSR count). The van der Waals surface area contributed by atoms with Gasteiger partial charge in [0.15, 0.2) is 5.96 Å². The van der Waals surface area contributed by atoms with E-state index in [1.807, 2.05) is 31.2 Å². The maximum absolute atomic E-state index is 11.7. The summed E-state index contributed by atoms with van der Waals surface area (Å²) in [6.07, 6.45) is 2.15. The zero-order chi connectivity index (χ0) is 17.2. The average molecular weight is 339 g/mol. The lowest BCUT2D eigenvalue weighted by molar-refractivity contribution is -0.127. The van der Waals surface area contributed by atoms with Crippen LogP contribution in [0.15, 0.2) is 29.3 Å². The molecular formula is C17H27ClN4O. The zero-order valence-corrected chi connectivity index (χ0v) is 15.2. The van der Waals surface area contributed by atoms with Gasteiger partial charge in [-0.15, -0.1) is 0 Å². The van der Waals surface area contributed by atoms with Crippen LogP contribution in [0.4, 0.5) is 0 Å². The van der Waals surface area contributed by atoms with Crippen LogP contribution in [-0.2, 0) is 4.79 Å². The first-order valence-corrected chi connectivity index (χ1v) is 8.32. The Morgan fingerprint density at radius 1 is 1.39 bits per heavy atom. The molecule has 0 aliphatic rings. The Morgan fingerprint density at radius 3 is 2.74 bits per heavy atom. The lowest BCUT2D eigenvalue weighted by atomic mass is 10.1. The van der Waals surface area contributed by atoms with Crippen LogP contribution in [0.3, 0.4) is 0 Å². The molecule has 0 spiro atoms. The zero-order valence-electron chi connectivity index (χ0n) is 14.4. The first-order chi connectivity index (χ1) is 10.9. The van der Waals surface area contributed by atoms with Gasteiger partial charge < -0.3 is 15.5 Å². The summed E-state index contributed by atoms with van der Waals surface area (Å²) in [5.41, 5.74) is 1.07. The summed E-state index contributed by atoms with van der Waals surface area (Å²) in [5.74, 6) is 0.609. The molecule has 0 aliphatic carbocycles. The molecule has 1 unspecified atom stereocenters. The minimum atomic E-state index is -0.0306. The monoisotopic (exact) mass is 338 g/mol. The number of benzene rings is 1. The first kappa shape index (κ1) is 19.3. The third-order valence-electron chi connectivity index (χ3n) is 3.40. The van der Waals surface area contributed by atoms with Crippen LogP contribution in [0.25, 0.3) is 0 Å². The molecule has 0 saturated heterocycles. The SMILES string of the molecule is CCCCNC(=NCC(=O)N(C)C)NC(C)c1cccc(Cl)c1. The molecule has 0 bridgehead atoms. The normalized spacial score (nSPS) is 12.7. The molecule has 1 atom stereocenters. The summed E-state index contributed by atoms with van der Waals surface area (Å²) in [6.45, 7) is 5.12. The summed E-state index contributed by atoms with van der Waals surface area (Å²) in [7, 11) is 3.45. The van der Waals surface area contributed by atoms with E-state index in [2.05, 4.69) is 22.5 Å². The van der Waals surface area contributed by atoms with Gasteiger partial charge in [0, 0.05) is 25.7 Å². The van der Waals surface area contributed by atoms with Crippen molar-refractivity contribution in [3.63, 3.8) is 0 Å². The third-order valence-corrected chi connectivity index (χ3v) is 3.63. The van der Waals surface area contributed by atoms with Gasteiger partial charge in [-0.3, -0.25) is 4.79 Å². The topological polar surface area (TPSA) is 56.7 Å². The molecule has 128 valence electrons. The second-order valence-corrected chi connectivity index (χ2v) is 6.09. The number of unbranched alkanes of at least 4 members (excludes halogenated alkanes) is 1. The number of guanidine groups is 1. The van der Waals surface area contributed by atoms with Crippen molar-refractivity contribution in [2.75, 3.05) is 27.2 Å². The van der Waals surface area contributed by atoms with Gasteiger partial charge >= 0.3 is 0 Å². The highest BCUT2D eigenvalue weighted by Crippen LogP contribution is 2.17. The van der Waals surface area contributed by atoms with Crippen molar-refractivity contribution < 1.29 is 4.79 Å². The van der Waals surface area contributed by atoms with Crippen molar-refractivity contribution in [3.8, 4) is 0 Å². The molecule has 1 amide bonds. The predicted molar refractivity (Wildman–Crippen MR) is 96.9 cm³/mol. The number of nitrogens with zero attached hydrogens (tertiary/aromatic N) is 2. The number of likely N-dealkylation sites (N-methyl/N-ethyl adjacent to an activating group) is 1. The highest BCUT2D eigenvalue weighted by Gasteiger charge is 2.10. The van der Waals surface area contributed by atoms with Crippen molar-refractivity contribution in [1.29, 1.82) is 0 Å². The molecule has 0 fully saturated rings. The first-order valence-electron chi connectivity index (χ1n) is 7.94. The minimum absolute atomic E-state index is 0.0306. The average Bonchev–Trinajstić information content (AvgIpc) is 2.52. The Balaban J connectivity index is 2.74. The maximum atomic E-state index is 11.7. The minimum Gasteiger partial charge on any atom is -0.356 e. The number of aliphatic imine (C=N–C) groups is 1. The Bertz CT molecular complexity index is 531. The van der Waals surface area contributed by atoms with Gasteiger partial charge in [0.1, 0.15) is 6.54 Å². The van der Waals surface area contributed by atoms with Crippen LogP contribution >= 0.6 is 11.6 Å². The van der Waals surface area contributed by atoms with Crippen molar-refractivity contribution in [3.05, 3.63) is 34.9 Å². The van der Waals surface area contributed by atoms with E-state index < -0.39 is 0 Å². The van der Waals surface area contributed by atoms with Crippen molar-refractivity contribution in [2.45, 2.75) is 32.7 Å². The van der Waals surface area contributed by atoms with Gasteiger partial charge in [0.05, 0.1) is 6.04 Å². The number of carbonyl (C=O) groups excluding carboxylic acids is 1. The van der Waals surface area contributed by atoms with Gasteiger partial charge in [0.25, 0.3) is 0 Å². The van der Waals surface area contributed by atoms with E-state index in [1.54, 1.807) is 14.1 Å². The van der Waals surface area contributed by atoms with Gasteiger partial charge in [0.2, 0.25) is 5.91 Å². The van der Waals surface area contributed by atoms with Crippen molar-refractivity contribution in [1.82, 2.24) is 15.5 Å². The van der Waals surface area contributed by atoms with E-state index in [9.17, 15) is 4.79 Å². The van der Waals surface area contributed by atoms with Crippen LogP contribution in [-0.4, -0.2) is 44.0 Å². The number of hydrogen-bond acceptors (Lipinski definition) is 2. The number of nitrogens with one attached hydrogen (secondary N) is 2. The van der Waals surface area contributed by atoms with Crippen LogP contribution < -0.4 is 10.6 Å². The number of carbonyl (C=O) groups is 1. The fraction of sp³-hybridized carbons (Fsp3) is 0.529. The molecule has 0 heterocycles. The summed E-state index contributed by atoms with van der Waals surface area (Å²) < 4.78 is 0. The van der Waals surface area contributed by atoms with Gasteiger partial charge in [-0.1, -0.05) is 37.1 Å². The largest absolute Gasteiger partial charge is 0.356 e. The standard InChI is InChI=1S/C17H27ClN4O/c1-5-6-10-19-17(20-12-16(23)22(3)4)21-13(2)14-8-7-9-15(18)11-14/h7-9,11,13H,5-6,10,12H2,1-4H3,(H2,19,20,21). The number of hydrogen-bond donors (Lipinski definition) is 2. The Labute approximate surface area is 144 Å². The lowest BCUT2D eigenvalue weighted by Crippen LogP contribution is -2.40. The molecule has 0 aromatic heterocycles. The quantitative estimate of drug-likeness (QED) is 0.456. The maximum Gasteiger partial charge on any atom is 0.243 e. The Morgan fingerprint density at radius 2 is 2.13 bits per heavy atom. The second kappa shape index (κ2) is 10.1. The molecule has 1 aromatic carbocycles. The number of rotatable bonds is 7. The second-order valence-electron chi connectivity index (χ2n) is 5.65. The third kappa shape index (κ3) is 7.37. The van der Waals surface area contributed by atoms with E-state index in [0.717, 1.165) is 24.9 Å². The lowest BCUT2D eigenvalue weighted by Gasteiger charge is -2.19. The van der Waals surface area contributed by atoms with Crippen LogP contribution in [0.1, 0.15) is 38.3 Å². The van der Waals surface area contributed by atoms with Crippen LogP contribution in [0, 0.1) is 0 Å². The van der Waals surface area contributed by atoms with Crippen molar-refractivity contribution >= 4 is 23.5 Å². The van der Waals surface area contributed by atoms with Crippen LogP contribution in [0.5, 0.6) is 0 Å². The van der Waals surface area contributed by atoms with E-state index in [4.69, 9.17) is 11.6 Å². The number of amides is 1. The van der Waals surface area contributed by atoms with E-state index in [-0.39, 0.29) is 18.5 Å². The molecule has 5 nitrogen and oxygen atoms in total. The van der Waals surface area contributed by atoms with E-state index >= 15 is 0 Å². The smallest absolute Gasteiger partial charge is 0.243 e. The molecule has 23 heavy (non-hydrogen) atoms. The summed E-state index contributed by atoms with van der Waals surface area (Å²) in [4.78, 5) is 17.6. The van der Waals surface area contributed by atoms with E-state index in [0.29, 0.717) is 11.0 Å². The molecule has 6 heteroatoms. The molecule has 1 aromatic rings. The van der Waals surface area contributed by atoms with Crippen LogP contribution in [0.2, 0.25) is 5.02 Å². The molecule has 0 aliphatic heterocycles. The molecule has 0 saturated carbocycles. The fourth-order valence-corrected chi connectivity index (χ4v) is 2.09. The van der Waals surface area contributed by atoms with Gasteiger partial charge in [-0.2, -0.15) is 0 Å². The molecule has 0 radical (unpaired) electrons. The molecule has 2 N–H and O–H groups in total.